The lowest BCUT2D eigenvalue weighted by Gasteiger charge is -2.43. The van der Waals surface area contributed by atoms with Crippen LogP contribution in [0.25, 0.3) is 21.9 Å². The normalized spacial score (nSPS) is 17.8. The fourth-order valence-electron chi connectivity index (χ4n) is 4.88. The van der Waals surface area contributed by atoms with Crippen LogP contribution < -0.4 is 20.3 Å². The first-order chi connectivity index (χ1) is 16.1. The maximum atomic E-state index is 12.6. The molecule has 0 unspecified atom stereocenters. The van der Waals surface area contributed by atoms with E-state index in [1.54, 1.807) is 38.2 Å². The number of fused-ring (bicyclic) bond motifs is 1. The van der Waals surface area contributed by atoms with Crippen molar-refractivity contribution < 1.29 is 9.47 Å². The van der Waals surface area contributed by atoms with Gasteiger partial charge in [-0.15, -0.1) is 0 Å². The molecule has 0 spiro atoms. The minimum atomic E-state index is -0.0609. The van der Waals surface area contributed by atoms with Crippen LogP contribution in [0.3, 0.4) is 0 Å². The Balaban J connectivity index is 1.47. The van der Waals surface area contributed by atoms with Crippen molar-refractivity contribution in [3.63, 3.8) is 0 Å². The summed E-state index contributed by atoms with van der Waals surface area (Å²) in [4.78, 5) is 21.8. The number of ether oxygens (including phenoxy) is 2. The van der Waals surface area contributed by atoms with Gasteiger partial charge in [0, 0.05) is 83.1 Å². The summed E-state index contributed by atoms with van der Waals surface area (Å²) < 4.78 is 13.3. The first-order valence-corrected chi connectivity index (χ1v) is 11.4. The molecule has 0 aliphatic carbocycles. The smallest absolute Gasteiger partial charge is 0.259 e. The van der Waals surface area contributed by atoms with E-state index in [9.17, 15) is 4.79 Å². The first-order valence-electron chi connectivity index (χ1n) is 11.4. The minimum absolute atomic E-state index is 0.0609. The molecule has 2 aliphatic heterocycles. The van der Waals surface area contributed by atoms with Gasteiger partial charge in [-0.05, 0) is 29.1 Å². The number of piperazine rings is 1. The molecule has 2 fully saturated rings. The highest BCUT2D eigenvalue weighted by Crippen LogP contribution is 2.37. The molecular weight excluding hydrogens is 418 g/mol. The Kier molecular flexibility index (Phi) is 6.05. The van der Waals surface area contributed by atoms with E-state index in [2.05, 4.69) is 20.1 Å². The van der Waals surface area contributed by atoms with E-state index >= 15 is 0 Å². The molecule has 0 radical (unpaired) electrons. The fourth-order valence-corrected chi connectivity index (χ4v) is 4.88. The second-order valence-electron chi connectivity index (χ2n) is 8.86. The number of aryl methyl sites for hydroxylation is 1. The second-order valence-corrected chi connectivity index (χ2v) is 8.86. The Hall–Kier alpha value is -2.94. The van der Waals surface area contributed by atoms with Crippen LogP contribution in [-0.4, -0.2) is 78.9 Å². The third-order valence-electron chi connectivity index (χ3n) is 6.97. The van der Waals surface area contributed by atoms with Crippen molar-refractivity contribution in [1.82, 2.24) is 24.7 Å². The van der Waals surface area contributed by atoms with Gasteiger partial charge in [0.2, 0.25) is 0 Å². The van der Waals surface area contributed by atoms with E-state index in [1.165, 1.54) is 0 Å². The highest BCUT2D eigenvalue weighted by Gasteiger charge is 2.28. The zero-order valence-electron chi connectivity index (χ0n) is 19.5. The van der Waals surface area contributed by atoms with Crippen LogP contribution in [0.4, 0.5) is 0 Å². The molecule has 0 amide bonds. The van der Waals surface area contributed by atoms with Crippen LogP contribution in [0.5, 0.6) is 11.5 Å². The van der Waals surface area contributed by atoms with Crippen LogP contribution in [-0.2, 0) is 13.6 Å². The summed E-state index contributed by atoms with van der Waals surface area (Å²) in [6, 6.07) is 6.68. The van der Waals surface area contributed by atoms with Crippen LogP contribution in [0.2, 0.25) is 0 Å². The topological polar surface area (TPSA) is 71.9 Å². The average molecular weight is 450 g/mol. The lowest BCUT2D eigenvalue weighted by Crippen LogP contribution is -2.61. The number of nitrogens with zero attached hydrogens (tertiary/aromatic N) is 4. The van der Waals surface area contributed by atoms with Crippen molar-refractivity contribution in [3.05, 3.63) is 52.7 Å². The Morgan fingerprint density at radius 3 is 2.36 bits per heavy atom. The summed E-state index contributed by atoms with van der Waals surface area (Å²) in [6.45, 7) is 7.24. The molecule has 8 heteroatoms. The van der Waals surface area contributed by atoms with E-state index in [0.717, 1.165) is 79.4 Å². The molecule has 4 heterocycles. The largest absolute Gasteiger partial charge is 0.496 e. The van der Waals surface area contributed by atoms with Gasteiger partial charge in [-0.2, -0.15) is 0 Å². The van der Waals surface area contributed by atoms with Crippen molar-refractivity contribution >= 4 is 10.8 Å². The zero-order chi connectivity index (χ0) is 22.9. The third kappa shape index (κ3) is 4.10. The molecule has 1 aromatic carbocycles. The lowest BCUT2D eigenvalue weighted by atomic mass is 9.98. The molecule has 5 rings (SSSR count). The van der Waals surface area contributed by atoms with Crippen LogP contribution in [0.1, 0.15) is 5.56 Å². The van der Waals surface area contributed by atoms with Crippen LogP contribution in [0, 0.1) is 0 Å². The summed E-state index contributed by atoms with van der Waals surface area (Å²) in [6.07, 6.45) is 5.21. The monoisotopic (exact) mass is 449 g/mol. The molecule has 0 saturated carbocycles. The molecule has 174 valence electrons. The Labute approximate surface area is 193 Å². The van der Waals surface area contributed by atoms with Gasteiger partial charge < -0.3 is 19.4 Å². The Morgan fingerprint density at radius 2 is 1.76 bits per heavy atom. The molecule has 0 bridgehead atoms. The fraction of sp³-hybridized carbons (Fsp3) is 0.440. The van der Waals surface area contributed by atoms with Gasteiger partial charge in [-0.25, -0.2) is 0 Å². The Morgan fingerprint density at radius 1 is 1.06 bits per heavy atom. The maximum absolute atomic E-state index is 12.6. The quantitative estimate of drug-likeness (QED) is 0.614. The number of pyridine rings is 2. The van der Waals surface area contributed by atoms with Crippen LogP contribution >= 0.6 is 0 Å². The predicted octanol–water partition coefficient (Wildman–Crippen LogP) is 1.71. The summed E-state index contributed by atoms with van der Waals surface area (Å²) in [7, 11) is 5.17. The highest BCUT2D eigenvalue weighted by molar-refractivity contribution is 5.95. The molecular formula is C25H31N5O3. The predicted molar refractivity (Wildman–Crippen MR) is 129 cm³/mol. The van der Waals surface area contributed by atoms with E-state index in [0.29, 0.717) is 11.4 Å². The van der Waals surface area contributed by atoms with E-state index in [4.69, 9.17) is 9.47 Å². The highest BCUT2D eigenvalue weighted by atomic mass is 16.5. The van der Waals surface area contributed by atoms with Gasteiger partial charge in [0.1, 0.15) is 11.5 Å². The zero-order valence-corrected chi connectivity index (χ0v) is 19.5. The van der Waals surface area contributed by atoms with Gasteiger partial charge in [-0.3, -0.25) is 19.6 Å². The van der Waals surface area contributed by atoms with Crippen LogP contribution in [0.15, 0.2) is 41.6 Å². The van der Waals surface area contributed by atoms with Crippen molar-refractivity contribution in [2.75, 3.05) is 53.5 Å². The van der Waals surface area contributed by atoms with Crippen molar-refractivity contribution in [1.29, 1.82) is 0 Å². The number of hydrogen-bond donors (Lipinski definition) is 1. The first kappa shape index (κ1) is 21.9. The number of benzene rings is 1. The number of aromatic nitrogens is 2. The second kappa shape index (κ2) is 9.13. The molecule has 33 heavy (non-hydrogen) atoms. The van der Waals surface area contributed by atoms with Gasteiger partial charge in [0.05, 0.1) is 25.2 Å². The number of nitrogens with one attached hydrogen (secondary N) is 1. The standard InChI is InChI=1S/C25H31N5O3/c1-28-15-21(19-4-5-26-14-20(19)25(28)31)17-10-23(32-2)22(24(11-17)33-3)16-29-6-8-30(9-7-29)18-12-27-13-18/h4-5,10-11,14-15,18,27H,6-9,12-13,16H2,1-3H3. The molecule has 3 aromatic rings. The van der Waals surface area contributed by atoms with Gasteiger partial charge in [0.25, 0.3) is 5.56 Å². The summed E-state index contributed by atoms with van der Waals surface area (Å²) in [5.74, 6) is 1.59. The number of hydrogen-bond acceptors (Lipinski definition) is 7. The van der Waals surface area contributed by atoms with Crippen molar-refractivity contribution in [3.8, 4) is 22.6 Å². The number of methoxy groups -OCH3 is 2. The molecule has 0 atom stereocenters. The van der Waals surface area contributed by atoms with E-state index in [-0.39, 0.29) is 5.56 Å². The van der Waals surface area contributed by atoms with E-state index in [1.807, 2.05) is 24.4 Å². The molecule has 2 aromatic heterocycles. The average Bonchev–Trinajstić information content (AvgIpc) is 2.81. The number of rotatable bonds is 6. The van der Waals surface area contributed by atoms with Gasteiger partial charge >= 0.3 is 0 Å². The molecule has 2 saturated heterocycles. The molecule has 1 N–H and O–H groups in total. The Bertz CT molecular complexity index is 1190. The molecule has 2 aliphatic rings. The minimum Gasteiger partial charge on any atom is -0.496 e. The molecule has 8 nitrogen and oxygen atoms in total. The SMILES string of the molecule is COc1cc(-c2cn(C)c(=O)c3cnccc23)cc(OC)c1CN1CCN(C2CNC2)CC1. The van der Waals surface area contributed by atoms with Gasteiger partial charge in [0.15, 0.2) is 0 Å². The lowest BCUT2D eigenvalue weighted by molar-refractivity contribution is 0.0688. The summed E-state index contributed by atoms with van der Waals surface area (Å²) in [5.41, 5.74) is 2.88. The van der Waals surface area contributed by atoms with E-state index < -0.39 is 0 Å². The van der Waals surface area contributed by atoms with Gasteiger partial charge in [-0.1, -0.05) is 0 Å². The van der Waals surface area contributed by atoms with Crippen molar-refractivity contribution in [2.45, 2.75) is 12.6 Å². The third-order valence-corrected chi connectivity index (χ3v) is 6.97. The maximum Gasteiger partial charge on any atom is 0.259 e. The van der Waals surface area contributed by atoms with Crippen molar-refractivity contribution in [2.24, 2.45) is 7.05 Å². The summed E-state index contributed by atoms with van der Waals surface area (Å²) >= 11 is 0. The summed E-state index contributed by atoms with van der Waals surface area (Å²) in [5, 5.41) is 4.83.